The highest BCUT2D eigenvalue weighted by Crippen LogP contribution is 2.33. The maximum atomic E-state index is 11.4. The largest absolute Gasteiger partial charge is 0.392 e. The van der Waals surface area contributed by atoms with E-state index in [0.717, 1.165) is 25.7 Å². The fraction of sp³-hybridized carbons (Fsp3) is 0.923. The van der Waals surface area contributed by atoms with Crippen LogP contribution in [-0.2, 0) is 4.79 Å². The number of likely N-dealkylation sites (N-methyl/N-ethyl adjacent to an activating group) is 1. The van der Waals surface area contributed by atoms with Gasteiger partial charge in [-0.3, -0.25) is 0 Å². The molecule has 0 aromatic carbocycles. The van der Waals surface area contributed by atoms with Gasteiger partial charge in [0.25, 0.3) is 0 Å². The number of aliphatic hydroxyl groups is 1. The minimum atomic E-state index is -0.320. The number of rotatable bonds is 5. The first-order chi connectivity index (χ1) is 7.58. The highest BCUT2D eigenvalue weighted by Gasteiger charge is 2.31. The van der Waals surface area contributed by atoms with Crippen LogP contribution in [0.2, 0.25) is 0 Å². The van der Waals surface area contributed by atoms with Crippen LogP contribution in [0, 0.1) is 5.41 Å². The van der Waals surface area contributed by atoms with Crippen molar-refractivity contribution in [3.8, 4) is 0 Å². The molecule has 1 rings (SSSR count). The lowest BCUT2D eigenvalue weighted by Gasteiger charge is -2.32. The molecule has 16 heavy (non-hydrogen) atoms. The smallest absolute Gasteiger partial charge is 0.127 e. The summed E-state index contributed by atoms with van der Waals surface area (Å²) in [5, 5.41) is 9.33. The zero-order chi connectivity index (χ0) is 12.0. The van der Waals surface area contributed by atoms with Crippen LogP contribution in [0.5, 0.6) is 0 Å². The molecule has 1 saturated carbocycles. The molecule has 0 amide bonds. The average Bonchev–Trinajstić information content (AvgIpc) is 2.43. The number of carbonyl (C=O) groups is 1. The first kappa shape index (κ1) is 13.7. The summed E-state index contributed by atoms with van der Waals surface area (Å²) >= 11 is 0. The Kier molecular flexibility index (Phi) is 5.42. The first-order valence-electron chi connectivity index (χ1n) is 6.41. The third-order valence-electron chi connectivity index (χ3n) is 3.51. The monoisotopic (exact) mass is 227 g/mol. The summed E-state index contributed by atoms with van der Waals surface area (Å²) in [5.74, 6) is 0. The Balaban J connectivity index is 2.53. The zero-order valence-electron chi connectivity index (χ0n) is 10.6. The second-order valence-electron chi connectivity index (χ2n) is 5.44. The van der Waals surface area contributed by atoms with Crippen molar-refractivity contribution in [3.63, 3.8) is 0 Å². The van der Waals surface area contributed by atoms with Crippen LogP contribution in [0.4, 0.5) is 0 Å². The number of aliphatic hydroxyl groups excluding tert-OH is 1. The van der Waals surface area contributed by atoms with Gasteiger partial charge in [-0.05, 0) is 26.8 Å². The molecule has 1 aliphatic rings. The van der Waals surface area contributed by atoms with Gasteiger partial charge in [0.1, 0.15) is 6.29 Å². The molecule has 0 aromatic rings. The quantitative estimate of drug-likeness (QED) is 0.575. The lowest BCUT2D eigenvalue weighted by Crippen LogP contribution is -2.39. The van der Waals surface area contributed by atoms with Crippen LogP contribution in [0.1, 0.15) is 45.4 Å². The molecule has 1 unspecified atom stereocenters. The van der Waals surface area contributed by atoms with E-state index in [2.05, 4.69) is 4.90 Å². The molecule has 3 heteroatoms. The molecule has 0 aliphatic heterocycles. The zero-order valence-corrected chi connectivity index (χ0v) is 10.6. The van der Waals surface area contributed by atoms with Crippen LogP contribution in [0.3, 0.4) is 0 Å². The minimum Gasteiger partial charge on any atom is -0.392 e. The van der Waals surface area contributed by atoms with E-state index in [1.54, 1.807) is 6.92 Å². The van der Waals surface area contributed by atoms with E-state index in [0.29, 0.717) is 6.54 Å². The van der Waals surface area contributed by atoms with Gasteiger partial charge in [-0.15, -0.1) is 0 Å². The lowest BCUT2D eigenvalue weighted by molar-refractivity contribution is -0.118. The van der Waals surface area contributed by atoms with Crippen molar-refractivity contribution in [2.45, 2.75) is 51.6 Å². The Labute approximate surface area is 98.8 Å². The SMILES string of the molecule is CC(O)CN(C)CC1(C=O)CCCCCC1. The Hall–Kier alpha value is -0.410. The lowest BCUT2D eigenvalue weighted by atomic mass is 9.81. The molecule has 1 atom stereocenters. The van der Waals surface area contributed by atoms with Gasteiger partial charge < -0.3 is 14.8 Å². The molecule has 3 nitrogen and oxygen atoms in total. The Bertz CT molecular complexity index is 208. The maximum absolute atomic E-state index is 11.4. The van der Waals surface area contributed by atoms with E-state index in [9.17, 15) is 9.90 Å². The summed E-state index contributed by atoms with van der Waals surface area (Å²) in [5.41, 5.74) is -0.153. The molecule has 0 heterocycles. The molecule has 0 aromatic heterocycles. The van der Waals surface area contributed by atoms with Crippen molar-refractivity contribution >= 4 is 6.29 Å². The first-order valence-corrected chi connectivity index (χ1v) is 6.41. The van der Waals surface area contributed by atoms with Crippen molar-refractivity contribution in [2.24, 2.45) is 5.41 Å². The van der Waals surface area contributed by atoms with Gasteiger partial charge in [0, 0.05) is 18.5 Å². The summed E-state index contributed by atoms with van der Waals surface area (Å²) in [6.45, 7) is 3.23. The van der Waals surface area contributed by atoms with Gasteiger partial charge in [-0.2, -0.15) is 0 Å². The molecule has 1 N–H and O–H groups in total. The van der Waals surface area contributed by atoms with Crippen LogP contribution in [0.25, 0.3) is 0 Å². The second-order valence-corrected chi connectivity index (χ2v) is 5.44. The van der Waals surface area contributed by atoms with E-state index in [1.807, 2.05) is 7.05 Å². The molecule has 94 valence electrons. The molecular formula is C13H25NO2. The highest BCUT2D eigenvalue weighted by atomic mass is 16.3. The Morgan fingerprint density at radius 2 is 1.88 bits per heavy atom. The topological polar surface area (TPSA) is 40.5 Å². The number of aldehydes is 1. The average molecular weight is 227 g/mol. The predicted octanol–water partition coefficient (Wildman–Crippen LogP) is 1.84. The van der Waals surface area contributed by atoms with Gasteiger partial charge >= 0.3 is 0 Å². The van der Waals surface area contributed by atoms with E-state index >= 15 is 0 Å². The van der Waals surface area contributed by atoms with Crippen LogP contribution < -0.4 is 0 Å². The van der Waals surface area contributed by atoms with Crippen LogP contribution in [0.15, 0.2) is 0 Å². The maximum Gasteiger partial charge on any atom is 0.127 e. The fourth-order valence-corrected chi connectivity index (χ4v) is 2.80. The van der Waals surface area contributed by atoms with Gasteiger partial charge in [-0.25, -0.2) is 0 Å². The molecule has 0 spiro atoms. The van der Waals surface area contributed by atoms with Gasteiger partial charge in [0.05, 0.1) is 6.10 Å². The summed E-state index contributed by atoms with van der Waals surface area (Å²) in [7, 11) is 1.99. The molecule has 1 aliphatic carbocycles. The number of nitrogens with zero attached hydrogens (tertiary/aromatic N) is 1. The van der Waals surface area contributed by atoms with E-state index in [-0.39, 0.29) is 11.5 Å². The van der Waals surface area contributed by atoms with Gasteiger partial charge in [0.2, 0.25) is 0 Å². The number of hydrogen-bond acceptors (Lipinski definition) is 3. The van der Waals surface area contributed by atoms with Crippen LogP contribution in [-0.4, -0.2) is 42.5 Å². The van der Waals surface area contributed by atoms with Crippen molar-refractivity contribution < 1.29 is 9.90 Å². The summed E-state index contributed by atoms with van der Waals surface area (Å²) in [4.78, 5) is 13.5. The van der Waals surface area contributed by atoms with E-state index in [1.165, 1.54) is 25.7 Å². The molecule has 0 radical (unpaired) electrons. The van der Waals surface area contributed by atoms with E-state index < -0.39 is 0 Å². The van der Waals surface area contributed by atoms with E-state index in [4.69, 9.17) is 0 Å². The minimum absolute atomic E-state index is 0.153. The number of carbonyl (C=O) groups excluding carboxylic acids is 1. The molecule has 0 saturated heterocycles. The molecular weight excluding hydrogens is 202 g/mol. The Morgan fingerprint density at radius 1 is 1.31 bits per heavy atom. The highest BCUT2D eigenvalue weighted by molar-refractivity contribution is 5.59. The predicted molar refractivity (Wildman–Crippen MR) is 65.4 cm³/mol. The van der Waals surface area contributed by atoms with Crippen molar-refractivity contribution in [1.29, 1.82) is 0 Å². The molecule has 1 fully saturated rings. The van der Waals surface area contributed by atoms with Gasteiger partial charge in [-0.1, -0.05) is 25.7 Å². The Morgan fingerprint density at radius 3 is 2.31 bits per heavy atom. The summed E-state index contributed by atoms with van der Waals surface area (Å²) < 4.78 is 0. The normalized spacial score (nSPS) is 22.8. The van der Waals surface area contributed by atoms with Crippen molar-refractivity contribution in [2.75, 3.05) is 20.1 Å². The fourth-order valence-electron chi connectivity index (χ4n) is 2.80. The number of hydrogen-bond donors (Lipinski definition) is 1. The third-order valence-corrected chi connectivity index (χ3v) is 3.51. The second kappa shape index (κ2) is 6.36. The summed E-state index contributed by atoms with van der Waals surface area (Å²) in [6, 6.07) is 0. The molecule has 0 bridgehead atoms. The standard InChI is InChI=1S/C13H25NO2/c1-12(16)9-14(2)10-13(11-15)7-5-3-4-6-8-13/h11-12,16H,3-10H2,1-2H3. The van der Waals surface area contributed by atoms with Crippen molar-refractivity contribution in [1.82, 2.24) is 4.90 Å². The van der Waals surface area contributed by atoms with Crippen LogP contribution >= 0.6 is 0 Å². The van der Waals surface area contributed by atoms with Gasteiger partial charge in [0.15, 0.2) is 0 Å². The summed E-state index contributed by atoms with van der Waals surface area (Å²) in [6.07, 6.45) is 7.73. The van der Waals surface area contributed by atoms with Crippen molar-refractivity contribution in [3.05, 3.63) is 0 Å². The third kappa shape index (κ3) is 4.22.